The lowest BCUT2D eigenvalue weighted by Crippen LogP contribution is -2.70. The number of aliphatic carboxylic acids is 1. The van der Waals surface area contributed by atoms with Gasteiger partial charge in [-0.05, 0) is 33.3 Å². The second-order valence-corrected chi connectivity index (χ2v) is 9.46. The van der Waals surface area contributed by atoms with E-state index in [-0.39, 0.29) is 29.5 Å². The van der Waals surface area contributed by atoms with Gasteiger partial charge in [0, 0.05) is 11.5 Å². The quantitative estimate of drug-likeness (QED) is 0.164. The van der Waals surface area contributed by atoms with Crippen molar-refractivity contribution in [3.05, 3.63) is 46.2 Å². The molecule has 36 heavy (non-hydrogen) atoms. The normalized spacial score (nSPS) is 20.0. The Kier molecular flexibility index (Phi) is 6.46. The molecule has 19 heteroatoms. The van der Waals surface area contributed by atoms with Crippen molar-refractivity contribution < 1.29 is 23.9 Å². The topological polar surface area (TPSA) is 227 Å². The van der Waals surface area contributed by atoms with E-state index in [1.807, 2.05) is 0 Å². The highest BCUT2D eigenvalue weighted by atomic mass is 32.2. The predicted octanol–water partition coefficient (Wildman–Crippen LogP) is -0.834. The Morgan fingerprint density at radius 3 is 2.97 bits per heavy atom. The van der Waals surface area contributed by atoms with Crippen molar-refractivity contribution in [1.82, 2.24) is 51.0 Å². The van der Waals surface area contributed by atoms with E-state index < -0.39 is 35.2 Å². The summed E-state index contributed by atoms with van der Waals surface area (Å²) < 4.78 is 6.50. The molecule has 5 heterocycles. The maximum Gasteiger partial charge on any atom is 0.352 e. The molecule has 3 atom stereocenters. The summed E-state index contributed by atoms with van der Waals surface area (Å²) in [4.78, 5) is 49.8. The summed E-state index contributed by atoms with van der Waals surface area (Å²) in [5, 5.41) is 39.8. The lowest BCUT2D eigenvalue weighted by atomic mass is 10.0. The molecular formula is C17H15N11O6S2. The van der Waals surface area contributed by atoms with Gasteiger partial charge in [0.15, 0.2) is 5.82 Å². The molecule has 1 saturated heterocycles. The van der Waals surface area contributed by atoms with E-state index >= 15 is 0 Å². The second kappa shape index (κ2) is 9.85. The van der Waals surface area contributed by atoms with E-state index in [9.17, 15) is 24.4 Å². The van der Waals surface area contributed by atoms with Gasteiger partial charge >= 0.3 is 5.97 Å². The summed E-state index contributed by atoms with van der Waals surface area (Å²) in [7, 11) is 0. The number of nitrogens with one attached hydrogen (secondary N) is 2. The molecule has 186 valence electrons. The van der Waals surface area contributed by atoms with Gasteiger partial charge in [-0.25, -0.2) is 9.48 Å². The average Bonchev–Trinajstić information content (AvgIpc) is 3.65. The molecule has 3 N–H and O–H groups in total. The molecule has 1 unspecified atom stereocenters. The first kappa shape index (κ1) is 23.6. The number of hydrogen-bond donors (Lipinski definition) is 3. The standard InChI is InChI=1S/C17H15N11O6S2/c29-13(10(22-33)8-2-1-3-34-8)18-11-14(30)28-12(16(31)32)7(5-35-15(11)28)6-36-17-21-25-26-27(17)4-9-19-23-24-20-9/h1-3,10-11,15H,4-6H2,(H,18,29)(H,31,32)(H,19,20,23,24)/t10?,11-,15+/m1/s1. The Hall–Kier alpha value is -4.13. The van der Waals surface area contributed by atoms with Crippen molar-refractivity contribution in [2.75, 3.05) is 11.5 Å². The van der Waals surface area contributed by atoms with Crippen molar-refractivity contribution in [1.29, 1.82) is 0 Å². The Morgan fingerprint density at radius 1 is 1.42 bits per heavy atom. The van der Waals surface area contributed by atoms with Crippen LogP contribution in [0.5, 0.6) is 0 Å². The molecule has 2 aliphatic rings. The summed E-state index contributed by atoms with van der Waals surface area (Å²) in [6.07, 6.45) is 1.29. The van der Waals surface area contributed by atoms with Crippen molar-refractivity contribution in [2.45, 2.75) is 29.2 Å². The van der Waals surface area contributed by atoms with Gasteiger partial charge in [0.05, 0.1) is 6.26 Å². The minimum absolute atomic E-state index is 0.0366. The van der Waals surface area contributed by atoms with E-state index in [0.29, 0.717) is 16.6 Å². The van der Waals surface area contributed by atoms with E-state index in [0.717, 1.165) is 4.90 Å². The van der Waals surface area contributed by atoms with Crippen LogP contribution in [0.25, 0.3) is 0 Å². The smallest absolute Gasteiger partial charge is 0.352 e. The number of fused-ring (bicyclic) bond motifs is 1. The number of carbonyl (C=O) groups is 3. The maximum atomic E-state index is 12.9. The summed E-state index contributed by atoms with van der Waals surface area (Å²) in [5.74, 6) is -1.80. The van der Waals surface area contributed by atoms with Crippen LogP contribution in [-0.4, -0.2) is 91.5 Å². The van der Waals surface area contributed by atoms with E-state index in [2.05, 4.69) is 46.6 Å². The van der Waals surface area contributed by atoms with Crippen LogP contribution in [0.4, 0.5) is 0 Å². The number of amides is 2. The van der Waals surface area contributed by atoms with Gasteiger partial charge in [0.1, 0.15) is 29.4 Å². The SMILES string of the molecule is O=NC(C(=O)N[C@@H]1C(=O)N2C(C(=O)O)=C(CSc3nnnn3Cc3nn[nH]n3)CS[C@@H]12)c1ccco1. The summed E-state index contributed by atoms with van der Waals surface area (Å²) in [5.41, 5.74) is 0.332. The number of H-pyrrole nitrogens is 1. The third-order valence-electron chi connectivity index (χ3n) is 5.27. The maximum absolute atomic E-state index is 12.9. The Bertz CT molecular complexity index is 1320. The number of β-lactam (4-membered cyclic amide) rings is 1. The van der Waals surface area contributed by atoms with Gasteiger partial charge < -0.3 is 14.8 Å². The molecule has 0 bridgehead atoms. The molecule has 0 aromatic carbocycles. The molecule has 0 spiro atoms. The largest absolute Gasteiger partial charge is 0.477 e. The number of carbonyl (C=O) groups excluding carboxylic acids is 2. The third-order valence-corrected chi connectivity index (χ3v) is 7.65. The first-order valence-electron chi connectivity index (χ1n) is 10.2. The molecule has 5 rings (SSSR count). The zero-order chi connectivity index (χ0) is 25.2. The number of aromatic amines is 1. The molecule has 3 aromatic heterocycles. The number of aromatic nitrogens is 8. The summed E-state index contributed by atoms with van der Waals surface area (Å²) in [6.45, 7) is 0.161. The molecule has 0 aliphatic carbocycles. The average molecular weight is 534 g/mol. The number of carboxylic acids is 1. The van der Waals surface area contributed by atoms with Gasteiger partial charge in [0.25, 0.3) is 11.8 Å². The van der Waals surface area contributed by atoms with Crippen molar-refractivity contribution in [2.24, 2.45) is 5.18 Å². The van der Waals surface area contributed by atoms with Crippen molar-refractivity contribution in [3.63, 3.8) is 0 Å². The molecule has 2 aliphatic heterocycles. The number of thioether (sulfide) groups is 2. The Balaban J connectivity index is 1.27. The van der Waals surface area contributed by atoms with Crippen molar-refractivity contribution in [3.8, 4) is 0 Å². The third kappa shape index (κ3) is 4.33. The zero-order valence-corrected chi connectivity index (χ0v) is 19.5. The molecule has 2 amide bonds. The summed E-state index contributed by atoms with van der Waals surface area (Å²) >= 11 is 2.48. The fourth-order valence-electron chi connectivity index (χ4n) is 3.64. The van der Waals surface area contributed by atoms with E-state index in [1.165, 1.54) is 46.6 Å². The monoisotopic (exact) mass is 533 g/mol. The molecule has 0 radical (unpaired) electrons. The number of furan rings is 1. The highest BCUT2D eigenvalue weighted by Crippen LogP contribution is 2.41. The fraction of sp³-hybridized carbons (Fsp3) is 0.353. The van der Waals surface area contributed by atoms with Gasteiger partial charge in [0.2, 0.25) is 11.2 Å². The van der Waals surface area contributed by atoms with Crippen LogP contribution >= 0.6 is 23.5 Å². The zero-order valence-electron chi connectivity index (χ0n) is 17.9. The van der Waals surface area contributed by atoms with Crippen LogP contribution in [0.1, 0.15) is 17.6 Å². The lowest BCUT2D eigenvalue weighted by molar-refractivity contribution is -0.150. The number of nitrogens with zero attached hydrogens (tertiary/aromatic N) is 9. The summed E-state index contributed by atoms with van der Waals surface area (Å²) in [6, 6.07) is 0.452. The second-order valence-electron chi connectivity index (χ2n) is 7.41. The minimum atomic E-state index is -1.46. The Morgan fingerprint density at radius 2 is 2.28 bits per heavy atom. The van der Waals surface area contributed by atoms with Crippen LogP contribution in [-0.2, 0) is 20.9 Å². The van der Waals surface area contributed by atoms with Gasteiger partial charge in [-0.1, -0.05) is 17.0 Å². The highest BCUT2D eigenvalue weighted by Gasteiger charge is 2.54. The first-order chi connectivity index (χ1) is 17.5. The van der Waals surface area contributed by atoms with Crippen LogP contribution in [0.2, 0.25) is 0 Å². The van der Waals surface area contributed by atoms with Crippen LogP contribution in [0.15, 0.2) is 44.4 Å². The van der Waals surface area contributed by atoms with Gasteiger partial charge in [-0.3, -0.25) is 14.5 Å². The number of nitroso groups, excluding NO2 is 1. The van der Waals surface area contributed by atoms with E-state index in [4.69, 9.17) is 4.42 Å². The fourth-order valence-corrected chi connectivity index (χ4v) is 6.00. The molecule has 17 nitrogen and oxygen atoms in total. The van der Waals surface area contributed by atoms with Crippen molar-refractivity contribution >= 4 is 41.3 Å². The first-order valence-corrected chi connectivity index (χ1v) is 12.2. The Labute approximate surface area is 208 Å². The van der Waals surface area contributed by atoms with Crippen LogP contribution < -0.4 is 5.32 Å². The number of carboxylic acid groups (broad SMARTS) is 1. The van der Waals surface area contributed by atoms with E-state index in [1.54, 1.807) is 0 Å². The van der Waals surface area contributed by atoms with Gasteiger partial charge in [-0.2, -0.15) is 5.21 Å². The molecule has 0 saturated carbocycles. The van der Waals surface area contributed by atoms with Gasteiger partial charge in [-0.15, -0.1) is 32.0 Å². The number of hydrogen-bond acceptors (Lipinski definition) is 14. The number of tetrazole rings is 2. The van der Waals surface area contributed by atoms with Crippen LogP contribution in [0.3, 0.4) is 0 Å². The molecule has 1 fully saturated rings. The molecule has 3 aromatic rings. The highest BCUT2D eigenvalue weighted by molar-refractivity contribution is 8.01. The predicted molar refractivity (Wildman–Crippen MR) is 119 cm³/mol. The minimum Gasteiger partial charge on any atom is -0.477 e. The lowest BCUT2D eigenvalue weighted by Gasteiger charge is -2.49. The van der Waals surface area contributed by atoms with Crippen LogP contribution in [0, 0.1) is 4.91 Å². The molecular weight excluding hydrogens is 518 g/mol. The number of rotatable bonds is 10.